The summed E-state index contributed by atoms with van der Waals surface area (Å²) in [6.07, 6.45) is 11.9. The Labute approximate surface area is 186 Å². The maximum Gasteiger partial charge on any atom is 0.333 e. The molecule has 4 N–H and O–H groups in total. The van der Waals surface area contributed by atoms with Gasteiger partial charge >= 0.3 is 10.3 Å². The molecule has 1 saturated carbocycles. The number of carbonyl (C=O) groups excluding carboxylic acids is 1. The third-order valence-corrected chi connectivity index (χ3v) is 6.28. The second-order valence-electron chi connectivity index (χ2n) is 8.14. The molecule has 32 heavy (non-hydrogen) atoms. The molecule has 12 heteroatoms. The fourth-order valence-electron chi connectivity index (χ4n) is 4.18. The van der Waals surface area contributed by atoms with Crippen molar-refractivity contribution in [2.75, 3.05) is 11.9 Å². The normalized spacial score (nSPS) is 25.7. The predicted molar refractivity (Wildman–Crippen MR) is 115 cm³/mol. The van der Waals surface area contributed by atoms with Gasteiger partial charge < -0.3 is 10.4 Å². The van der Waals surface area contributed by atoms with Crippen LogP contribution in [-0.2, 0) is 14.5 Å². The van der Waals surface area contributed by atoms with E-state index in [1.165, 1.54) is 12.5 Å². The smallest absolute Gasteiger partial charge is 0.333 e. The van der Waals surface area contributed by atoms with E-state index in [-0.39, 0.29) is 30.0 Å². The monoisotopic (exact) mass is 462 g/mol. The Hall–Kier alpha value is -2.67. The van der Waals surface area contributed by atoms with Crippen molar-refractivity contribution in [1.29, 1.82) is 0 Å². The fraction of sp³-hybridized carbons (Fsp3) is 0.500. The molecule has 172 valence electrons. The molecule has 0 radical (unpaired) electrons. The van der Waals surface area contributed by atoms with Crippen molar-refractivity contribution >= 4 is 21.9 Å². The van der Waals surface area contributed by atoms with Crippen molar-refractivity contribution < 1.29 is 22.5 Å². The first-order valence-electron chi connectivity index (χ1n) is 10.5. The van der Waals surface area contributed by atoms with Crippen LogP contribution < -0.4 is 10.5 Å². The molecule has 2 heterocycles. The summed E-state index contributed by atoms with van der Waals surface area (Å²) in [7, 11) is -4.08. The molecule has 0 aromatic carbocycles. The minimum Gasteiger partial charge on any atom is -0.393 e. The predicted octanol–water partition coefficient (Wildman–Crippen LogP) is 0.957. The van der Waals surface area contributed by atoms with Gasteiger partial charge in [-0.15, -0.1) is 0 Å². The molecule has 0 unspecified atom stereocenters. The van der Waals surface area contributed by atoms with Crippen molar-refractivity contribution in [3.8, 4) is 0 Å². The zero-order valence-corrected chi connectivity index (χ0v) is 18.2. The van der Waals surface area contributed by atoms with Crippen LogP contribution in [0.4, 0.5) is 5.82 Å². The van der Waals surface area contributed by atoms with E-state index in [0.29, 0.717) is 24.4 Å². The van der Waals surface area contributed by atoms with Gasteiger partial charge in [0, 0.05) is 24.4 Å². The van der Waals surface area contributed by atoms with Crippen LogP contribution >= 0.6 is 0 Å². The van der Waals surface area contributed by atoms with Crippen LogP contribution in [-0.4, -0.2) is 57.8 Å². The van der Waals surface area contributed by atoms with E-state index < -0.39 is 22.3 Å². The molecule has 11 nitrogen and oxygen atoms in total. The Morgan fingerprint density at radius 1 is 1.38 bits per heavy atom. The van der Waals surface area contributed by atoms with E-state index in [4.69, 9.17) is 5.14 Å². The Balaban J connectivity index is 1.45. The van der Waals surface area contributed by atoms with Gasteiger partial charge in [-0.2, -0.15) is 13.5 Å². The highest BCUT2D eigenvalue weighted by Gasteiger charge is 2.35. The highest BCUT2D eigenvalue weighted by molar-refractivity contribution is 7.84. The summed E-state index contributed by atoms with van der Waals surface area (Å²) in [5.41, 5.74) is 0.573. The van der Waals surface area contributed by atoms with E-state index in [9.17, 15) is 18.3 Å². The first kappa shape index (κ1) is 22.5. The Bertz CT molecular complexity index is 1100. The van der Waals surface area contributed by atoms with E-state index >= 15 is 0 Å². The SMILES string of the molecule is NS(=O)(=O)OC[C@H]1C[C@@H](Nc2ncncc2C(=O)c2ccn([C@H]3C=CCCC3)n2)C[C@@H]1O. The molecular formula is C20H26N6O5S. The standard InChI is InChI=1S/C20H26N6O5S/c21-32(29,30)31-11-13-8-14(9-18(13)27)24-20-16(10-22-12-23-20)19(28)17-6-7-26(25-17)15-4-2-1-3-5-15/h2,4,6-7,10,12-15,18,27H,1,3,5,8-9,11H2,(H2,21,29,30)(H,22,23,24)/t13-,14-,15+,18+/m1/s1. The van der Waals surface area contributed by atoms with Crippen LogP contribution in [0.15, 0.2) is 36.9 Å². The Kier molecular flexibility index (Phi) is 6.65. The maximum absolute atomic E-state index is 13.1. The lowest BCUT2D eigenvalue weighted by molar-refractivity contribution is 0.101. The van der Waals surface area contributed by atoms with E-state index in [2.05, 4.69) is 36.7 Å². The number of aliphatic hydroxyl groups excluding tert-OH is 1. The van der Waals surface area contributed by atoms with Crippen LogP contribution in [0.5, 0.6) is 0 Å². The molecule has 4 rings (SSSR count). The molecule has 0 spiro atoms. The lowest BCUT2D eigenvalue weighted by Crippen LogP contribution is -2.24. The van der Waals surface area contributed by atoms with Crippen molar-refractivity contribution in [3.63, 3.8) is 0 Å². The molecule has 1 fully saturated rings. The summed E-state index contributed by atoms with van der Waals surface area (Å²) in [6, 6.07) is 1.60. The van der Waals surface area contributed by atoms with Gasteiger partial charge in [-0.05, 0) is 38.2 Å². The molecule has 0 amide bonds. The van der Waals surface area contributed by atoms with E-state index in [1.54, 1.807) is 16.9 Å². The van der Waals surface area contributed by atoms with Crippen LogP contribution in [0.25, 0.3) is 0 Å². The van der Waals surface area contributed by atoms with Crippen molar-refractivity contribution in [3.05, 3.63) is 48.2 Å². The topological polar surface area (TPSA) is 162 Å². The number of aliphatic hydroxyl groups is 1. The molecule has 2 aliphatic carbocycles. The third-order valence-electron chi connectivity index (χ3n) is 5.81. The number of nitrogens with zero attached hydrogens (tertiary/aromatic N) is 4. The highest BCUT2D eigenvalue weighted by Crippen LogP contribution is 2.30. The number of aromatic nitrogens is 4. The number of rotatable bonds is 8. The summed E-state index contributed by atoms with van der Waals surface area (Å²) >= 11 is 0. The van der Waals surface area contributed by atoms with E-state index in [0.717, 1.165) is 19.3 Å². The van der Waals surface area contributed by atoms with Crippen LogP contribution in [0.2, 0.25) is 0 Å². The molecule has 0 bridgehead atoms. The average molecular weight is 463 g/mol. The lowest BCUT2D eigenvalue weighted by atomic mass is 10.0. The summed E-state index contributed by atoms with van der Waals surface area (Å²) < 4.78 is 28.4. The van der Waals surface area contributed by atoms with Crippen molar-refractivity contribution in [2.24, 2.45) is 11.1 Å². The van der Waals surface area contributed by atoms with Gasteiger partial charge in [0.2, 0.25) is 5.78 Å². The van der Waals surface area contributed by atoms with Gasteiger partial charge in [0.05, 0.1) is 24.3 Å². The van der Waals surface area contributed by atoms with Crippen LogP contribution in [0, 0.1) is 5.92 Å². The van der Waals surface area contributed by atoms with E-state index in [1.807, 2.05) is 0 Å². The molecule has 0 aliphatic heterocycles. The average Bonchev–Trinajstić information content (AvgIpc) is 3.39. The first-order chi connectivity index (χ1) is 15.3. The molecule has 2 aromatic heterocycles. The molecular weight excluding hydrogens is 436 g/mol. The molecule has 0 saturated heterocycles. The van der Waals surface area contributed by atoms with Crippen LogP contribution in [0.3, 0.4) is 0 Å². The second-order valence-corrected chi connectivity index (χ2v) is 9.36. The van der Waals surface area contributed by atoms with Gasteiger partial charge in [0.1, 0.15) is 17.8 Å². The number of allylic oxidation sites excluding steroid dienone is 2. The third kappa shape index (κ3) is 5.38. The lowest BCUT2D eigenvalue weighted by Gasteiger charge is -2.16. The zero-order chi connectivity index (χ0) is 22.7. The van der Waals surface area contributed by atoms with Gasteiger partial charge in [-0.3, -0.25) is 13.7 Å². The zero-order valence-electron chi connectivity index (χ0n) is 17.4. The first-order valence-corrected chi connectivity index (χ1v) is 12.0. The maximum atomic E-state index is 13.1. The van der Waals surface area contributed by atoms with Crippen molar-refractivity contribution in [1.82, 2.24) is 19.7 Å². The molecule has 4 atom stereocenters. The Morgan fingerprint density at radius 2 is 2.22 bits per heavy atom. The summed E-state index contributed by atoms with van der Waals surface area (Å²) in [5.74, 6) is -0.382. The number of nitrogens with two attached hydrogens (primary N) is 1. The number of carbonyl (C=O) groups is 1. The largest absolute Gasteiger partial charge is 0.393 e. The number of anilines is 1. The minimum absolute atomic E-state index is 0.145. The summed E-state index contributed by atoms with van der Waals surface area (Å²) in [4.78, 5) is 21.3. The minimum atomic E-state index is -4.08. The summed E-state index contributed by atoms with van der Waals surface area (Å²) in [5, 5.41) is 22.7. The van der Waals surface area contributed by atoms with Gasteiger partial charge in [-0.1, -0.05) is 12.2 Å². The van der Waals surface area contributed by atoms with Gasteiger partial charge in [0.15, 0.2) is 0 Å². The highest BCUT2D eigenvalue weighted by atomic mass is 32.2. The second kappa shape index (κ2) is 9.45. The number of ketones is 1. The summed E-state index contributed by atoms with van der Waals surface area (Å²) in [6.45, 7) is -0.208. The fourth-order valence-corrected chi connectivity index (χ4v) is 4.55. The number of nitrogens with one attached hydrogen (secondary N) is 1. The Morgan fingerprint density at radius 3 is 2.97 bits per heavy atom. The quantitative estimate of drug-likeness (QED) is 0.383. The number of hydrogen-bond acceptors (Lipinski definition) is 9. The van der Waals surface area contributed by atoms with Crippen molar-refractivity contribution in [2.45, 2.75) is 50.3 Å². The van der Waals surface area contributed by atoms with Crippen LogP contribution in [0.1, 0.15) is 54.2 Å². The molecule has 2 aliphatic rings. The number of hydrogen-bond donors (Lipinski definition) is 3. The van der Waals surface area contributed by atoms with Gasteiger partial charge in [0.25, 0.3) is 0 Å². The molecule has 2 aromatic rings. The van der Waals surface area contributed by atoms with Gasteiger partial charge in [-0.25, -0.2) is 15.1 Å².